The molecule has 1 aromatic heterocycles. The Bertz CT molecular complexity index is 652. The summed E-state index contributed by atoms with van der Waals surface area (Å²) < 4.78 is 28.1. The smallest absolute Gasteiger partial charge is 0.341 e. The van der Waals surface area contributed by atoms with Crippen LogP contribution in [0.15, 0.2) is 0 Å². The monoisotopic (exact) mass is 330 g/mol. The maximum Gasteiger partial charge on any atom is 0.341 e. The van der Waals surface area contributed by atoms with Gasteiger partial charge < -0.3 is 15.0 Å². The molecule has 0 aromatic carbocycles. The van der Waals surface area contributed by atoms with Crippen molar-refractivity contribution in [1.29, 1.82) is 0 Å². The Morgan fingerprint density at radius 2 is 2.05 bits per heavy atom. The lowest BCUT2D eigenvalue weighted by molar-refractivity contribution is 0.0600. The van der Waals surface area contributed by atoms with Crippen LogP contribution in [0.1, 0.15) is 20.8 Å². The van der Waals surface area contributed by atoms with Crippen LogP contribution in [0.2, 0.25) is 0 Å². The Hall–Kier alpha value is -1.12. The van der Waals surface area contributed by atoms with E-state index in [0.29, 0.717) is 18.7 Å². The molecule has 0 bridgehead atoms. The Labute approximate surface area is 128 Å². The van der Waals surface area contributed by atoms with E-state index in [9.17, 15) is 13.2 Å². The molecule has 8 heteroatoms. The topological polar surface area (TPSA) is 75.7 Å². The molecule has 3 heterocycles. The van der Waals surface area contributed by atoms with Crippen LogP contribution in [0.25, 0.3) is 0 Å². The maximum absolute atomic E-state index is 12.2. The van der Waals surface area contributed by atoms with Crippen molar-refractivity contribution >= 4 is 32.1 Å². The first kappa shape index (κ1) is 14.8. The van der Waals surface area contributed by atoms with Gasteiger partial charge in [-0.15, -0.1) is 11.3 Å². The molecule has 0 spiro atoms. The number of methoxy groups -OCH3 is 1. The summed E-state index contributed by atoms with van der Waals surface area (Å²) >= 11 is 1.58. The molecule has 0 unspecified atom stereocenters. The van der Waals surface area contributed by atoms with Gasteiger partial charge in [-0.2, -0.15) is 0 Å². The number of carbonyl (C=O) groups is 1. The van der Waals surface area contributed by atoms with Crippen LogP contribution in [0.5, 0.6) is 0 Å². The second kappa shape index (κ2) is 5.58. The van der Waals surface area contributed by atoms with Gasteiger partial charge in [0.25, 0.3) is 0 Å². The number of sulfone groups is 1. The molecule has 1 aromatic rings. The Morgan fingerprint density at radius 1 is 1.33 bits per heavy atom. The quantitative estimate of drug-likeness (QED) is 0.792. The predicted octanol–water partition coefficient (Wildman–Crippen LogP) is 0.415. The number of nitrogens with one attached hydrogen (secondary N) is 1. The third-order valence-corrected chi connectivity index (χ3v) is 6.83. The van der Waals surface area contributed by atoms with Crippen LogP contribution >= 0.6 is 11.3 Å². The van der Waals surface area contributed by atoms with Crippen molar-refractivity contribution in [3.8, 4) is 0 Å². The molecule has 0 atom stereocenters. The van der Waals surface area contributed by atoms with Crippen LogP contribution in [-0.2, 0) is 27.5 Å². The van der Waals surface area contributed by atoms with E-state index in [1.54, 1.807) is 11.3 Å². The number of anilines is 1. The molecule has 2 aliphatic rings. The number of rotatable bonds is 2. The summed E-state index contributed by atoms with van der Waals surface area (Å²) in [7, 11) is -1.54. The fraction of sp³-hybridized carbons (Fsp3) is 0.615. The van der Waals surface area contributed by atoms with E-state index in [-0.39, 0.29) is 17.5 Å². The zero-order valence-corrected chi connectivity index (χ0v) is 13.5. The zero-order valence-electron chi connectivity index (χ0n) is 11.8. The van der Waals surface area contributed by atoms with Crippen LogP contribution < -0.4 is 10.2 Å². The maximum atomic E-state index is 12.2. The average molecular weight is 330 g/mol. The van der Waals surface area contributed by atoms with E-state index in [2.05, 4.69) is 5.32 Å². The number of carbonyl (C=O) groups excluding carboxylic acids is 1. The highest BCUT2D eigenvalue weighted by Gasteiger charge is 2.31. The Kier molecular flexibility index (Phi) is 3.94. The lowest BCUT2D eigenvalue weighted by Gasteiger charge is -2.28. The first-order chi connectivity index (χ1) is 10.0. The normalized spacial score (nSPS) is 20.9. The molecule has 1 saturated heterocycles. The van der Waals surface area contributed by atoms with E-state index in [0.717, 1.165) is 35.0 Å². The SMILES string of the molecule is COC(=O)c1c(N2CCS(=O)(=O)CC2)sc2c1CCNC2. The van der Waals surface area contributed by atoms with Gasteiger partial charge in [0.15, 0.2) is 9.84 Å². The number of esters is 1. The fourth-order valence-electron chi connectivity index (χ4n) is 2.77. The van der Waals surface area contributed by atoms with Gasteiger partial charge in [-0.25, -0.2) is 13.2 Å². The van der Waals surface area contributed by atoms with E-state index >= 15 is 0 Å². The van der Waals surface area contributed by atoms with Crippen molar-refractivity contribution in [3.05, 3.63) is 16.0 Å². The predicted molar refractivity (Wildman–Crippen MR) is 81.9 cm³/mol. The number of hydrogen-bond acceptors (Lipinski definition) is 7. The summed E-state index contributed by atoms with van der Waals surface area (Å²) in [6, 6.07) is 0. The molecule has 0 saturated carbocycles. The van der Waals surface area contributed by atoms with Gasteiger partial charge in [0.1, 0.15) is 5.00 Å². The van der Waals surface area contributed by atoms with Crippen LogP contribution in [0.3, 0.4) is 0 Å². The molecule has 0 radical (unpaired) electrons. The minimum absolute atomic E-state index is 0.147. The van der Waals surface area contributed by atoms with E-state index in [4.69, 9.17) is 4.74 Å². The van der Waals surface area contributed by atoms with Crippen molar-refractivity contribution in [3.63, 3.8) is 0 Å². The van der Waals surface area contributed by atoms with Crippen molar-refractivity contribution in [2.45, 2.75) is 13.0 Å². The summed E-state index contributed by atoms with van der Waals surface area (Å²) in [4.78, 5) is 15.3. The molecule has 2 aliphatic heterocycles. The molecular weight excluding hydrogens is 312 g/mol. The highest BCUT2D eigenvalue weighted by molar-refractivity contribution is 7.91. The van der Waals surface area contributed by atoms with Crippen molar-refractivity contribution < 1.29 is 17.9 Å². The van der Waals surface area contributed by atoms with Gasteiger partial charge >= 0.3 is 5.97 Å². The molecule has 21 heavy (non-hydrogen) atoms. The summed E-state index contributed by atoms with van der Waals surface area (Å²) in [6.07, 6.45) is 0.808. The van der Waals surface area contributed by atoms with Crippen LogP contribution in [-0.4, -0.2) is 52.6 Å². The molecule has 116 valence electrons. The van der Waals surface area contributed by atoms with Crippen molar-refractivity contribution in [2.75, 3.05) is 43.1 Å². The number of ether oxygens (including phenoxy) is 1. The minimum Gasteiger partial charge on any atom is -0.465 e. The standard InChI is InChI=1S/C13H18N2O4S2/c1-19-13(16)11-9-2-3-14-8-10(9)20-12(11)15-4-6-21(17,18)7-5-15/h14H,2-8H2,1H3. The Morgan fingerprint density at radius 3 is 2.71 bits per heavy atom. The molecule has 0 amide bonds. The van der Waals surface area contributed by atoms with Gasteiger partial charge in [-0.1, -0.05) is 0 Å². The summed E-state index contributed by atoms with van der Waals surface area (Å²) in [5.74, 6) is -0.0270. The van der Waals surface area contributed by atoms with Gasteiger partial charge in [-0.3, -0.25) is 0 Å². The third kappa shape index (κ3) is 2.79. The number of thiophene rings is 1. The molecule has 3 rings (SSSR count). The highest BCUT2D eigenvalue weighted by atomic mass is 32.2. The van der Waals surface area contributed by atoms with Gasteiger partial charge in [0.2, 0.25) is 0 Å². The number of nitrogens with zero attached hydrogens (tertiary/aromatic N) is 1. The summed E-state index contributed by atoms with van der Waals surface area (Å²) in [5.41, 5.74) is 1.70. The number of fused-ring (bicyclic) bond motifs is 1. The third-order valence-electron chi connectivity index (χ3n) is 3.93. The lowest BCUT2D eigenvalue weighted by atomic mass is 10.0. The molecular formula is C13H18N2O4S2. The molecule has 6 nitrogen and oxygen atoms in total. The average Bonchev–Trinajstić information content (AvgIpc) is 2.85. The van der Waals surface area contributed by atoms with Crippen molar-refractivity contribution in [2.24, 2.45) is 0 Å². The van der Waals surface area contributed by atoms with E-state index < -0.39 is 9.84 Å². The largest absolute Gasteiger partial charge is 0.465 e. The first-order valence-corrected chi connectivity index (χ1v) is 9.54. The highest BCUT2D eigenvalue weighted by Crippen LogP contribution is 2.38. The van der Waals surface area contributed by atoms with Crippen LogP contribution in [0.4, 0.5) is 5.00 Å². The van der Waals surface area contributed by atoms with E-state index in [1.807, 2.05) is 4.90 Å². The van der Waals surface area contributed by atoms with Gasteiger partial charge in [0, 0.05) is 24.5 Å². The minimum atomic E-state index is -2.93. The van der Waals surface area contributed by atoms with E-state index in [1.165, 1.54) is 7.11 Å². The van der Waals surface area contributed by atoms with Gasteiger partial charge in [-0.05, 0) is 18.5 Å². The number of hydrogen-bond donors (Lipinski definition) is 1. The fourth-order valence-corrected chi connectivity index (χ4v) is 5.33. The van der Waals surface area contributed by atoms with Gasteiger partial charge in [0.05, 0.1) is 24.2 Å². The molecule has 1 fully saturated rings. The molecule has 0 aliphatic carbocycles. The summed E-state index contributed by atoms with van der Waals surface area (Å²) in [6.45, 7) is 2.50. The lowest BCUT2D eigenvalue weighted by Crippen LogP contribution is -2.40. The summed E-state index contributed by atoms with van der Waals surface area (Å²) in [5, 5.41) is 4.16. The molecule has 1 N–H and O–H groups in total. The second-order valence-corrected chi connectivity index (χ2v) is 8.63. The van der Waals surface area contributed by atoms with Crippen molar-refractivity contribution in [1.82, 2.24) is 5.32 Å². The van der Waals surface area contributed by atoms with Crippen LogP contribution in [0, 0.1) is 0 Å². The zero-order chi connectivity index (χ0) is 15.0. The Balaban J connectivity index is 1.98. The first-order valence-electron chi connectivity index (χ1n) is 6.91. The second-order valence-electron chi connectivity index (χ2n) is 5.24.